The van der Waals surface area contributed by atoms with Crippen molar-refractivity contribution in [3.05, 3.63) is 41.7 Å². The molecule has 0 aromatic heterocycles. The number of carbonyl (C=O) groups excluding carboxylic acids is 2. The monoisotopic (exact) mass is 344 g/mol. The average Bonchev–Trinajstić information content (AvgIpc) is 2.54. The van der Waals surface area contributed by atoms with Gasteiger partial charge in [0, 0.05) is 28.4 Å². The maximum absolute atomic E-state index is 12.0. The highest BCUT2D eigenvalue weighted by Gasteiger charge is 2.21. The molecule has 0 aliphatic carbocycles. The van der Waals surface area contributed by atoms with E-state index in [4.69, 9.17) is 9.47 Å². The minimum Gasteiger partial charge on any atom is -0.496 e. The van der Waals surface area contributed by atoms with Crippen LogP contribution in [0.5, 0.6) is 5.75 Å². The van der Waals surface area contributed by atoms with Crippen LogP contribution in [-0.4, -0.2) is 31.1 Å². The molecular weight excluding hydrogens is 320 g/mol. The first-order valence-electron chi connectivity index (χ1n) is 8.02. The van der Waals surface area contributed by atoms with Crippen molar-refractivity contribution in [2.24, 2.45) is 0 Å². The fraction of sp³-hybridized carbons (Fsp3) is 0.368. The van der Waals surface area contributed by atoms with Crippen LogP contribution in [0.2, 0.25) is 0 Å². The predicted octanol–water partition coefficient (Wildman–Crippen LogP) is 2.87. The summed E-state index contributed by atoms with van der Waals surface area (Å²) < 4.78 is 11.0. The van der Waals surface area contributed by atoms with Gasteiger partial charge in [-0.2, -0.15) is 0 Å². The van der Waals surface area contributed by atoms with Gasteiger partial charge < -0.3 is 20.1 Å². The van der Waals surface area contributed by atoms with E-state index in [2.05, 4.69) is 10.6 Å². The molecule has 134 valence electrons. The lowest BCUT2D eigenvalue weighted by molar-refractivity contribution is -0.137. The molecule has 1 aliphatic heterocycles. The molecule has 0 saturated heterocycles. The third-order valence-electron chi connectivity index (χ3n) is 3.47. The Hall–Kier alpha value is -2.76. The molecule has 25 heavy (non-hydrogen) atoms. The van der Waals surface area contributed by atoms with E-state index < -0.39 is 17.4 Å². The Labute approximate surface area is 147 Å². The molecule has 1 aromatic carbocycles. The topological polar surface area (TPSA) is 76.7 Å². The van der Waals surface area contributed by atoms with Crippen molar-refractivity contribution in [1.82, 2.24) is 5.32 Å². The van der Waals surface area contributed by atoms with Crippen LogP contribution in [0.4, 0.5) is 5.69 Å². The minimum atomic E-state index is -0.719. The number of anilines is 1. The first-order valence-corrected chi connectivity index (χ1v) is 8.02. The summed E-state index contributed by atoms with van der Waals surface area (Å²) in [5.74, 6) is 0.0522. The fourth-order valence-corrected chi connectivity index (χ4v) is 2.29. The Morgan fingerprint density at radius 1 is 1.16 bits per heavy atom. The number of hydrogen-bond acceptors (Lipinski definition) is 4. The smallest absolute Gasteiger partial charge is 0.313 e. The molecule has 0 unspecified atom stereocenters. The number of amides is 2. The van der Waals surface area contributed by atoms with Gasteiger partial charge in [-0.25, -0.2) is 0 Å². The summed E-state index contributed by atoms with van der Waals surface area (Å²) in [5, 5.41) is 5.20. The first kappa shape index (κ1) is 18.6. The maximum atomic E-state index is 12.0. The van der Waals surface area contributed by atoms with Gasteiger partial charge in [0.25, 0.3) is 0 Å². The Balaban J connectivity index is 2.16. The number of allylic oxidation sites excluding steroid dienone is 3. The Morgan fingerprint density at radius 2 is 1.88 bits per heavy atom. The molecule has 1 aliphatic rings. The lowest BCUT2D eigenvalue weighted by atomic mass is 10.0. The lowest BCUT2D eigenvalue weighted by Gasteiger charge is -2.20. The van der Waals surface area contributed by atoms with Gasteiger partial charge in [-0.1, -0.05) is 6.08 Å². The van der Waals surface area contributed by atoms with Crippen molar-refractivity contribution in [3.63, 3.8) is 0 Å². The molecule has 0 atom stereocenters. The summed E-state index contributed by atoms with van der Waals surface area (Å²) in [5.41, 5.74) is 1.86. The number of nitrogens with one attached hydrogen (secondary N) is 2. The third-order valence-corrected chi connectivity index (χ3v) is 3.47. The number of benzene rings is 1. The molecule has 0 radical (unpaired) electrons. The van der Waals surface area contributed by atoms with Crippen LogP contribution in [0.25, 0.3) is 5.57 Å². The van der Waals surface area contributed by atoms with Crippen LogP contribution in [0, 0.1) is 0 Å². The zero-order chi connectivity index (χ0) is 18.6. The Kier molecular flexibility index (Phi) is 5.51. The highest BCUT2D eigenvalue weighted by molar-refractivity contribution is 6.39. The largest absolute Gasteiger partial charge is 0.496 e. The van der Waals surface area contributed by atoms with Crippen molar-refractivity contribution in [3.8, 4) is 5.75 Å². The summed E-state index contributed by atoms with van der Waals surface area (Å²) in [7, 11) is 1.56. The summed E-state index contributed by atoms with van der Waals surface area (Å²) in [6.45, 7) is 7.79. The maximum Gasteiger partial charge on any atom is 0.313 e. The van der Waals surface area contributed by atoms with Crippen LogP contribution in [0.3, 0.4) is 0 Å². The van der Waals surface area contributed by atoms with Crippen LogP contribution < -0.4 is 15.4 Å². The summed E-state index contributed by atoms with van der Waals surface area (Å²) in [6.07, 6.45) is 3.87. The molecule has 0 spiro atoms. The summed E-state index contributed by atoms with van der Waals surface area (Å²) >= 11 is 0. The van der Waals surface area contributed by atoms with E-state index in [9.17, 15) is 9.59 Å². The van der Waals surface area contributed by atoms with Gasteiger partial charge in [0.2, 0.25) is 0 Å². The van der Waals surface area contributed by atoms with E-state index in [0.717, 1.165) is 16.9 Å². The Bertz CT molecular complexity index is 742. The molecule has 2 N–H and O–H groups in total. The van der Waals surface area contributed by atoms with Crippen molar-refractivity contribution in [2.45, 2.75) is 33.2 Å². The molecule has 1 aromatic rings. The van der Waals surface area contributed by atoms with Gasteiger partial charge in [0.05, 0.1) is 12.9 Å². The second-order valence-electron chi connectivity index (χ2n) is 6.83. The molecule has 0 saturated carbocycles. The third kappa shape index (κ3) is 5.11. The number of carbonyl (C=O) groups is 2. The van der Waals surface area contributed by atoms with E-state index >= 15 is 0 Å². The van der Waals surface area contributed by atoms with Gasteiger partial charge in [0.1, 0.15) is 12.4 Å². The molecule has 2 rings (SSSR count). The van der Waals surface area contributed by atoms with Gasteiger partial charge in [-0.3, -0.25) is 9.59 Å². The van der Waals surface area contributed by atoms with Gasteiger partial charge in [-0.15, -0.1) is 0 Å². The van der Waals surface area contributed by atoms with Gasteiger partial charge in [0.15, 0.2) is 0 Å². The van der Waals surface area contributed by atoms with E-state index in [1.807, 2.05) is 45.9 Å². The lowest BCUT2D eigenvalue weighted by Crippen LogP contribution is -2.46. The second kappa shape index (κ2) is 7.42. The molecule has 2 amide bonds. The normalized spacial score (nSPS) is 14.0. The quantitative estimate of drug-likeness (QED) is 0.827. The number of ether oxygens (including phenoxy) is 2. The molecule has 1 heterocycles. The van der Waals surface area contributed by atoms with E-state index in [1.165, 1.54) is 0 Å². The van der Waals surface area contributed by atoms with Crippen molar-refractivity contribution >= 4 is 23.1 Å². The van der Waals surface area contributed by atoms with Crippen LogP contribution in [-0.2, 0) is 14.3 Å². The molecule has 6 nitrogen and oxygen atoms in total. The number of methoxy groups -OCH3 is 1. The summed E-state index contributed by atoms with van der Waals surface area (Å²) in [4.78, 5) is 23.9. The zero-order valence-electron chi connectivity index (χ0n) is 15.2. The highest BCUT2D eigenvalue weighted by atomic mass is 16.5. The van der Waals surface area contributed by atoms with E-state index in [-0.39, 0.29) is 0 Å². The van der Waals surface area contributed by atoms with Gasteiger partial charge >= 0.3 is 11.8 Å². The second-order valence-corrected chi connectivity index (χ2v) is 6.83. The molecule has 0 fully saturated rings. The van der Waals surface area contributed by atoms with Crippen LogP contribution >= 0.6 is 0 Å². The average molecular weight is 344 g/mol. The first-order chi connectivity index (χ1) is 11.7. The molecule has 6 heteroatoms. The predicted molar refractivity (Wildman–Crippen MR) is 97.2 cm³/mol. The van der Waals surface area contributed by atoms with E-state index in [0.29, 0.717) is 18.0 Å². The molecule has 0 bridgehead atoms. The van der Waals surface area contributed by atoms with Crippen LogP contribution in [0.15, 0.2) is 36.1 Å². The highest BCUT2D eigenvalue weighted by Crippen LogP contribution is 2.31. The summed E-state index contributed by atoms with van der Waals surface area (Å²) in [6, 6.07) is 5.25. The van der Waals surface area contributed by atoms with Crippen molar-refractivity contribution < 1.29 is 19.1 Å². The standard InChI is InChI=1S/C19H24N2O4/c1-12-6-7-13(11-25-12)15-9-8-14(10-16(15)24-5)20-17(22)18(23)21-19(2,3)4/h6-10H,11H2,1-5H3,(H,20,22)(H,21,23). The zero-order valence-corrected chi connectivity index (χ0v) is 15.2. The SMILES string of the molecule is COc1cc(NC(=O)C(=O)NC(C)(C)C)ccc1C1=CC=C(C)OC1. The Morgan fingerprint density at radius 3 is 2.44 bits per heavy atom. The number of hydrogen-bond donors (Lipinski definition) is 2. The van der Waals surface area contributed by atoms with Gasteiger partial charge in [-0.05, 0) is 45.9 Å². The van der Waals surface area contributed by atoms with E-state index in [1.54, 1.807) is 19.2 Å². The minimum absolute atomic E-state index is 0.457. The van der Waals surface area contributed by atoms with Crippen molar-refractivity contribution in [1.29, 1.82) is 0 Å². The van der Waals surface area contributed by atoms with Crippen LogP contribution in [0.1, 0.15) is 33.3 Å². The fourth-order valence-electron chi connectivity index (χ4n) is 2.29. The molecular formula is C19H24N2O4. The van der Waals surface area contributed by atoms with Crippen molar-refractivity contribution in [2.75, 3.05) is 19.0 Å². The number of rotatable bonds is 3.